The molecule has 0 saturated carbocycles. The van der Waals surface area contributed by atoms with E-state index in [1.54, 1.807) is 39.0 Å². The van der Waals surface area contributed by atoms with Gasteiger partial charge in [0.25, 0.3) is 0 Å². The third-order valence-electron chi connectivity index (χ3n) is 3.24. The third-order valence-corrected chi connectivity index (χ3v) is 3.48. The lowest BCUT2D eigenvalue weighted by molar-refractivity contribution is -0.0567. The van der Waals surface area contributed by atoms with Gasteiger partial charge in [0.15, 0.2) is 6.19 Å². The molecule has 0 bridgehead atoms. The van der Waals surface area contributed by atoms with E-state index in [-0.39, 0.29) is 0 Å². The van der Waals surface area contributed by atoms with Gasteiger partial charge >= 0.3 is 0 Å². The number of amidine groups is 1. The summed E-state index contributed by atoms with van der Waals surface area (Å²) >= 11 is 6.00. The maximum Gasteiger partial charge on any atom is 0.182 e. The smallest absolute Gasteiger partial charge is 0.182 e. The van der Waals surface area contributed by atoms with Crippen LogP contribution in [0, 0.1) is 11.5 Å². The molecule has 20 heavy (non-hydrogen) atoms. The van der Waals surface area contributed by atoms with Crippen LogP contribution < -0.4 is 10.1 Å². The minimum atomic E-state index is -0.844. The molecular formula is C14H16ClN3O2. The first-order chi connectivity index (χ1) is 9.35. The highest BCUT2D eigenvalue weighted by molar-refractivity contribution is 6.30. The molecule has 1 aromatic carbocycles. The monoisotopic (exact) mass is 293 g/mol. The lowest BCUT2D eigenvalue weighted by Crippen LogP contribution is -2.48. The number of aliphatic hydroxyl groups excluding tert-OH is 1. The van der Waals surface area contributed by atoms with E-state index < -0.39 is 17.7 Å². The SMILES string of the molecule is CC(=NC1c2cc(Cl)ccc2OC(C)(C)C1O)NC#N. The number of ether oxygens (including phenoxy) is 1. The zero-order valence-corrected chi connectivity index (χ0v) is 12.3. The van der Waals surface area contributed by atoms with Gasteiger partial charge in [-0.2, -0.15) is 5.26 Å². The fourth-order valence-corrected chi connectivity index (χ4v) is 2.38. The molecular weight excluding hydrogens is 278 g/mol. The molecule has 0 spiro atoms. The van der Waals surface area contributed by atoms with E-state index in [0.717, 1.165) is 0 Å². The maximum atomic E-state index is 10.5. The summed E-state index contributed by atoms with van der Waals surface area (Å²) in [6.45, 7) is 5.26. The predicted octanol–water partition coefficient (Wildman–Crippen LogP) is 2.40. The van der Waals surface area contributed by atoms with Crippen LogP contribution in [0.4, 0.5) is 0 Å². The van der Waals surface area contributed by atoms with Crippen LogP contribution in [0.3, 0.4) is 0 Å². The van der Waals surface area contributed by atoms with Gasteiger partial charge in [-0.25, -0.2) is 0 Å². The summed E-state index contributed by atoms with van der Waals surface area (Å²) in [7, 11) is 0. The van der Waals surface area contributed by atoms with Gasteiger partial charge in [0, 0.05) is 10.6 Å². The molecule has 5 nitrogen and oxygen atoms in total. The van der Waals surface area contributed by atoms with Crippen molar-refractivity contribution in [2.45, 2.75) is 38.5 Å². The fourth-order valence-electron chi connectivity index (χ4n) is 2.20. The van der Waals surface area contributed by atoms with Gasteiger partial charge in [-0.1, -0.05) is 11.6 Å². The molecule has 2 rings (SSSR count). The Morgan fingerprint density at radius 1 is 1.55 bits per heavy atom. The minimum Gasteiger partial charge on any atom is -0.485 e. The number of benzene rings is 1. The predicted molar refractivity (Wildman–Crippen MR) is 76.8 cm³/mol. The van der Waals surface area contributed by atoms with E-state index >= 15 is 0 Å². The summed E-state index contributed by atoms with van der Waals surface area (Å²) in [5.74, 6) is 1.07. The van der Waals surface area contributed by atoms with Crippen molar-refractivity contribution >= 4 is 17.4 Å². The van der Waals surface area contributed by atoms with E-state index in [9.17, 15) is 5.11 Å². The van der Waals surface area contributed by atoms with Crippen molar-refractivity contribution < 1.29 is 9.84 Å². The van der Waals surface area contributed by atoms with E-state index in [4.69, 9.17) is 21.6 Å². The number of fused-ring (bicyclic) bond motifs is 1. The molecule has 1 aromatic rings. The summed E-state index contributed by atoms with van der Waals surface area (Å²) < 4.78 is 5.80. The van der Waals surface area contributed by atoms with Crippen LogP contribution in [0.25, 0.3) is 0 Å². The molecule has 0 amide bonds. The van der Waals surface area contributed by atoms with E-state index in [1.165, 1.54) is 0 Å². The number of aliphatic imine (C=N–C) groups is 1. The second-order valence-electron chi connectivity index (χ2n) is 5.23. The Morgan fingerprint density at radius 3 is 2.90 bits per heavy atom. The fraction of sp³-hybridized carbons (Fsp3) is 0.429. The van der Waals surface area contributed by atoms with Crippen molar-refractivity contribution in [3.05, 3.63) is 28.8 Å². The zero-order valence-electron chi connectivity index (χ0n) is 11.5. The highest BCUT2D eigenvalue weighted by atomic mass is 35.5. The molecule has 1 heterocycles. The molecule has 0 saturated heterocycles. The van der Waals surface area contributed by atoms with Crippen molar-refractivity contribution in [3.8, 4) is 11.9 Å². The minimum absolute atomic E-state index is 0.431. The second-order valence-corrected chi connectivity index (χ2v) is 5.67. The molecule has 0 radical (unpaired) electrons. The van der Waals surface area contributed by atoms with Crippen LogP contribution in [-0.4, -0.2) is 22.6 Å². The Morgan fingerprint density at radius 2 is 2.25 bits per heavy atom. The molecule has 2 unspecified atom stereocenters. The van der Waals surface area contributed by atoms with E-state index in [2.05, 4.69) is 10.3 Å². The molecule has 1 aliphatic rings. The summed E-state index contributed by atoms with van der Waals surface area (Å²) in [6.07, 6.45) is 0.965. The lowest BCUT2D eigenvalue weighted by atomic mass is 9.87. The molecule has 106 valence electrons. The zero-order chi connectivity index (χ0) is 14.9. The van der Waals surface area contributed by atoms with E-state index in [1.807, 2.05) is 6.19 Å². The van der Waals surface area contributed by atoms with Crippen LogP contribution in [0.15, 0.2) is 23.2 Å². The van der Waals surface area contributed by atoms with Crippen molar-refractivity contribution in [1.82, 2.24) is 5.32 Å². The van der Waals surface area contributed by atoms with Crippen molar-refractivity contribution in [3.63, 3.8) is 0 Å². The molecule has 6 heteroatoms. The van der Waals surface area contributed by atoms with E-state index in [0.29, 0.717) is 22.2 Å². The van der Waals surface area contributed by atoms with Crippen LogP contribution in [0.2, 0.25) is 5.02 Å². The molecule has 1 aliphatic heterocycles. The maximum absolute atomic E-state index is 10.5. The summed E-state index contributed by atoms with van der Waals surface area (Å²) in [5.41, 5.74) is -0.0644. The summed E-state index contributed by atoms with van der Waals surface area (Å²) in [6, 6.07) is 4.69. The van der Waals surface area contributed by atoms with Crippen LogP contribution in [0.1, 0.15) is 32.4 Å². The quantitative estimate of drug-likeness (QED) is 0.361. The Balaban J connectivity index is 2.51. The van der Waals surface area contributed by atoms with Crippen LogP contribution >= 0.6 is 11.6 Å². The number of nitrogens with one attached hydrogen (secondary N) is 1. The highest BCUT2D eigenvalue weighted by Crippen LogP contribution is 2.42. The van der Waals surface area contributed by atoms with Gasteiger partial charge in [-0.3, -0.25) is 10.3 Å². The van der Waals surface area contributed by atoms with Gasteiger partial charge in [-0.05, 0) is 39.0 Å². The molecule has 2 atom stereocenters. The lowest BCUT2D eigenvalue weighted by Gasteiger charge is -2.40. The average molecular weight is 294 g/mol. The molecule has 0 aliphatic carbocycles. The van der Waals surface area contributed by atoms with Crippen LogP contribution in [-0.2, 0) is 0 Å². The number of rotatable bonds is 1. The number of hydrogen-bond donors (Lipinski definition) is 2. The molecule has 2 N–H and O–H groups in total. The second kappa shape index (κ2) is 5.31. The highest BCUT2D eigenvalue weighted by Gasteiger charge is 2.43. The first kappa shape index (κ1) is 14.6. The average Bonchev–Trinajstić information content (AvgIpc) is 2.36. The summed E-state index contributed by atoms with van der Waals surface area (Å²) in [4.78, 5) is 4.38. The Kier molecular flexibility index (Phi) is 3.89. The normalized spacial score (nSPS) is 24.3. The van der Waals surface area contributed by atoms with Gasteiger partial charge in [0.1, 0.15) is 29.3 Å². The van der Waals surface area contributed by atoms with Crippen molar-refractivity contribution in [2.24, 2.45) is 4.99 Å². The van der Waals surface area contributed by atoms with Crippen LogP contribution in [0.5, 0.6) is 5.75 Å². The molecule has 0 aromatic heterocycles. The Bertz CT molecular complexity index is 593. The standard InChI is InChI=1S/C14H16ClN3O2/c1-8(17-7-16)18-12-10-6-9(15)4-5-11(10)20-14(2,3)13(12)19/h4-6,12-13,19H,1-3H3,(H,17,18). The number of aliphatic hydroxyl groups is 1. The van der Waals surface area contributed by atoms with Gasteiger partial charge in [0.2, 0.25) is 0 Å². The van der Waals surface area contributed by atoms with Crippen molar-refractivity contribution in [2.75, 3.05) is 0 Å². The Hall–Kier alpha value is -1.77. The van der Waals surface area contributed by atoms with Gasteiger partial charge in [-0.15, -0.1) is 0 Å². The number of hydrogen-bond acceptors (Lipinski definition) is 4. The largest absolute Gasteiger partial charge is 0.485 e. The van der Waals surface area contributed by atoms with Crippen molar-refractivity contribution in [1.29, 1.82) is 5.26 Å². The Labute approximate surface area is 122 Å². The number of nitriles is 1. The first-order valence-corrected chi connectivity index (χ1v) is 6.59. The molecule has 0 fully saturated rings. The number of nitrogens with zero attached hydrogens (tertiary/aromatic N) is 2. The number of halogens is 1. The van der Waals surface area contributed by atoms with Gasteiger partial charge in [0.05, 0.1) is 0 Å². The first-order valence-electron chi connectivity index (χ1n) is 6.21. The van der Waals surface area contributed by atoms with Gasteiger partial charge < -0.3 is 9.84 Å². The topological polar surface area (TPSA) is 77.6 Å². The third kappa shape index (κ3) is 2.72. The summed E-state index contributed by atoms with van der Waals surface area (Å²) in [5, 5.41) is 22.1.